The molecule has 1 aromatic carbocycles. The molecule has 0 saturated carbocycles. The molecule has 2 aliphatic heterocycles. The van der Waals surface area contributed by atoms with Gasteiger partial charge in [0.1, 0.15) is 11.6 Å². The summed E-state index contributed by atoms with van der Waals surface area (Å²) in [7, 11) is 2.10. The van der Waals surface area contributed by atoms with Crippen molar-refractivity contribution in [1.82, 2.24) is 14.9 Å². The lowest BCUT2D eigenvalue weighted by molar-refractivity contribution is 0.357. The monoisotopic (exact) mass is 474 g/mol. The first-order valence-electron chi connectivity index (χ1n) is 11.1. The molecule has 0 bridgehead atoms. The quantitative estimate of drug-likeness (QED) is 0.505. The number of nitrogens with one attached hydrogen (secondary N) is 1. The molecule has 2 aliphatic rings. The third-order valence-electron chi connectivity index (χ3n) is 5.93. The van der Waals surface area contributed by atoms with E-state index in [0.717, 1.165) is 69.1 Å². The predicted octanol–water partition coefficient (Wildman–Crippen LogP) is 2.64. The molecule has 10 heteroatoms. The lowest BCUT2D eigenvalue weighted by Gasteiger charge is -2.35. The molecule has 0 unspecified atom stereocenters. The highest BCUT2D eigenvalue weighted by atomic mass is 35.5. The van der Waals surface area contributed by atoms with E-state index >= 15 is 0 Å². The summed E-state index contributed by atoms with van der Waals surface area (Å²) in [6, 6.07) is 9.63. The normalized spacial score (nSPS) is 15.3. The Bertz CT molecular complexity index is 884. The van der Waals surface area contributed by atoms with E-state index < -0.39 is 0 Å². The standard InChI is InChI=1S/C22H31ClN8S/c1-28(14-15-31(21(24)32)18-6-4-17(23)5-7-18)13-8-25-19-16-20(29-9-2-10-29)27-22(26-19)30-11-3-12-30/h4-7,16H,2-3,8-15H2,1H3,(H2,24,32)(H,25,26,27). The molecule has 32 heavy (non-hydrogen) atoms. The zero-order valence-corrected chi connectivity index (χ0v) is 20.1. The molecule has 4 rings (SSSR count). The summed E-state index contributed by atoms with van der Waals surface area (Å²) in [4.78, 5) is 18.2. The number of likely N-dealkylation sites (N-methyl/N-ethyl adjacent to an activating group) is 1. The fourth-order valence-electron chi connectivity index (χ4n) is 3.62. The van der Waals surface area contributed by atoms with Crippen LogP contribution in [0.2, 0.25) is 5.02 Å². The molecule has 0 aliphatic carbocycles. The van der Waals surface area contributed by atoms with Crippen LogP contribution in [0.4, 0.5) is 23.3 Å². The van der Waals surface area contributed by atoms with Gasteiger partial charge in [-0.3, -0.25) is 0 Å². The van der Waals surface area contributed by atoms with Gasteiger partial charge in [-0.25, -0.2) is 0 Å². The molecule has 3 heterocycles. The van der Waals surface area contributed by atoms with Crippen LogP contribution in [0, 0.1) is 0 Å². The number of hydrogen-bond acceptors (Lipinski definition) is 7. The Hall–Kier alpha value is -2.36. The topological polar surface area (TPSA) is 76.8 Å². The summed E-state index contributed by atoms with van der Waals surface area (Å²) in [5.41, 5.74) is 6.90. The van der Waals surface area contributed by atoms with E-state index in [9.17, 15) is 0 Å². The highest BCUT2D eigenvalue weighted by molar-refractivity contribution is 7.80. The van der Waals surface area contributed by atoms with Crippen molar-refractivity contribution in [2.75, 3.05) is 79.4 Å². The van der Waals surface area contributed by atoms with Gasteiger partial charge >= 0.3 is 0 Å². The number of benzene rings is 1. The van der Waals surface area contributed by atoms with Gasteiger partial charge in [0.2, 0.25) is 5.95 Å². The lowest BCUT2D eigenvalue weighted by Crippen LogP contribution is -2.41. The van der Waals surface area contributed by atoms with Gasteiger partial charge in [0.05, 0.1) is 0 Å². The van der Waals surface area contributed by atoms with E-state index in [2.05, 4.69) is 33.1 Å². The Balaban J connectivity index is 1.29. The van der Waals surface area contributed by atoms with Crippen LogP contribution in [0.3, 0.4) is 0 Å². The number of nitrogens with zero attached hydrogens (tertiary/aromatic N) is 6. The summed E-state index contributed by atoms with van der Waals surface area (Å²) < 4.78 is 0. The second kappa shape index (κ2) is 10.5. The summed E-state index contributed by atoms with van der Waals surface area (Å²) >= 11 is 11.2. The maximum absolute atomic E-state index is 6.00. The zero-order chi connectivity index (χ0) is 22.5. The van der Waals surface area contributed by atoms with Crippen molar-refractivity contribution in [2.24, 2.45) is 5.73 Å². The van der Waals surface area contributed by atoms with Crippen molar-refractivity contribution in [3.63, 3.8) is 0 Å². The molecule has 172 valence electrons. The number of rotatable bonds is 10. The first kappa shape index (κ1) is 22.8. The molecule has 2 fully saturated rings. The van der Waals surface area contributed by atoms with Crippen LogP contribution >= 0.6 is 23.8 Å². The Kier molecular flexibility index (Phi) is 7.49. The summed E-state index contributed by atoms with van der Waals surface area (Å²) in [6.45, 7) is 7.42. The smallest absolute Gasteiger partial charge is 0.229 e. The van der Waals surface area contributed by atoms with Gasteiger partial charge in [0.15, 0.2) is 5.11 Å². The van der Waals surface area contributed by atoms with Crippen LogP contribution in [0.1, 0.15) is 12.8 Å². The van der Waals surface area contributed by atoms with Crippen LogP contribution in [0.25, 0.3) is 0 Å². The van der Waals surface area contributed by atoms with E-state index in [0.29, 0.717) is 16.7 Å². The molecule has 2 aromatic rings. The van der Waals surface area contributed by atoms with Gasteiger partial charge in [-0.05, 0) is 56.4 Å². The van der Waals surface area contributed by atoms with E-state index in [1.54, 1.807) is 0 Å². The van der Waals surface area contributed by atoms with Gasteiger partial charge in [-0.2, -0.15) is 9.97 Å². The summed E-state index contributed by atoms with van der Waals surface area (Å²) in [5.74, 6) is 2.76. The largest absolute Gasteiger partial charge is 0.376 e. The fraction of sp³-hybridized carbons (Fsp3) is 0.500. The van der Waals surface area contributed by atoms with E-state index in [1.165, 1.54) is 12.8 Å². The first-order valence-corrected chi connectivity index (χ1v) is 11.9. The SMILES string of the molecule is CN(CCNc1cc(N2CCC2)nc(N2CCC2)n1)CCN(C(N)=S)c1ccc(Cl)cc1. The van der Waals surface area contributed by atoms with Gasteiger partial charge in [-0.15, -0.1) is 0 Å². The van der Waals surface area contributed by atoms with Gasteiger partial charge in [0.25, 0.3) is 0 Å². The molecular weight excluding hydrogens is 444 g/mol. The second-order valence-corrected chi connectivity index (χ2v) is 9.14. The highest BCUT2D eigenvalue weighted by Crippen LogP contribution is 2.26. The number of thiocarbonyl (C=S) groups is 1. The van der Waals surface area contributed by atoms with Gasteiger partial charge < -0.3 is 30.7 Å². The van der Waals surface area contributed by atoms with Crippen LogP contribution in [0.15, 0.2) is 30.3 Å². The molecule has 0 amide bonds. The van der Waals surface area contributed by atoms with E-state index in [4.69, 9.17) is 39.5 Å². The maximum Gasteiger partial charge on any atom is 0.229 e. The van der Waals surface area contributed by atoms with Crippen molar-refractivity contribution in [2.45, 2.75) is 12.8 Å². The van der Waals surface area contributed by atoms with Crippen molar-refractivity contribution in [3.05, 3.63) is 35.4 Å². The van der Waals surface area contributed by atoms with E-state index in [1.807, 2.05) is 29.2 Å². The van der Waals surface area contributed by atoms with Crippen LogP contribution < -0.4 is 25.8 Å². The molecule has 2 saturated heterocycles. The Labute approximate surface area is 200 Å². The average molecular weight is 475 g/mol. The third-order valence-corrected chi connectivity index (χ3v) is 6.40. The van der Waals surface area contributed by atoms with Gasteiger partial charge in [0, 0.05) is 69.1 Å². The zero-order valence-electron chi connectivity index (χ0n) is 18.5. The van der Waals surface area contributed by atoms with Crippen LogP contribution in [-0.2, 0) is 0 Å². The van der Waals surface area contributed by atoms with E-state index in [-0.39, 0.29) is 0 Å². The molecule has 0 atom stereocenters. The molecule has 3 N–H and O–H groups in total. The third kappa shape index (κ3) is 5.70. The van der Waals surface area contributed by atoms with Crippen molar-refractivity contribution in [3.8, 4) is 0 Å². The van der Waals surface area contributed by atoms with Crippen LogP contribution in [-0.4, -0.2) is 79.4 Å². The number of halogens is 1. The number of hydrogen-bond donors (Lipinski definition) is 2. The predicted molar refractivity (Wildman–Crippen MR) is 137 cm³/mol. The fourth-order valence-corrected chi connectivity index (χ4v) is 3.95. The molecule has 8 nitrogen and oxygen atoms in total. The van der Waals surface area contributed by atoms with Crippen LogP contribution in [0.5, 0.6) is 0 Å². The Morgan fingerprint density at radius 2 is 1.75 bits per heavy atom. The lowest BCUT2D eigenvalue weighted by atomic mass is 10.2. The average Bonchev–Trinajstić information content (AvgIpc) is 2.66. The number of anilines is 4. The maximum atomic E-state index is 6.00. The summed E-state index contributed by atoms with van der Waals surface area (Å²) in [6.07, 6.45) is 2.44. The Morgan fingerprint density at radius 1 is 1.06 bits per heavy atom. The van der Waals surface area contributed by atoms with Crippen molar-refractivity contribution >= 4 is 52.2 Å². The minimum absolute atomic E-state index is 0.358. The molecule has 1 aromatic heterocycles. The number of nitrogens with two attached hydrogens (primary N) is 1. The highest BCUT2D eigenvalue weighted by Gasteiger charge is 2.22. The first-order chi connectivity index (χ1) is 15.5. The summed E-state index contributed by atoms with van der Waals surface area (Å²) in [5, 5.41) is 4.54. The van der Waals surface area contributed by atoms with Gasteiger partial charge in [-0.1, -0.05) is 11.6 Å². The minimum atomic E-state index is 0.358. The van der Waals surface area contributed by atoms with Crippen molar-refractivity contribution < 1.29 is 0 Å². The molecule has 0 spiro atoms. The number of aromatic nitrogens is 2. The molecule has 0 radical (unpaired) electrons. The Morgan fingerprint density at radius 3 is 2.34 bits per heavy atom. The van der Waals surface area contributed by atoms with Crippen molar-refractivity contribution in [1.29, 1.82) is 0 Å². The second-order valence-electron chi connectivity index (χ2n) is 8.29. The molecular formula is C22H31ClN8S. The minimum Gasteiger partial charge on any atom is -0.376 e.